The first-order valence-electron chi connectivity index (χ1n) is 5.95. The highest BCUT2D eigenvalue weighted by Crippen LogP contribution is 2.15. The molecular weight excluding hydrogens is 190 g/mol. The fraction of sp³-hybridized carbons (Fsp3) is 0.917. The third kappa shape index (κ3) is 4.65. The van der Waals surface area contributed by atoms with Crippen LogP contribution in [0.5, 0.6) is 0 Å². The van der Waals surface area contributed by atoms with Crippen LogP contribution in [0, 0.1) is 5.92 Å². The molecule has 1 amide bonds. The van der Waals surface area contributed by atoms with E-state index in [4.69, 9.17) is 0 Å². The summed E-state index contributed by atoms with van der Waals surface area (Å²) in [7, 11) is 0. The van der Waals surface area contributed by atoms with Crippen LogP contribution in [0.4, 0.5) is 0 Å². The predicted octanol–water partition coefficient (Wildman–Crippen LogP) is 2.09. The lowest BCUT2D eigenvalue weighted by molar-refractivity contribution is -0.124. The second kappa shape index (κ2) is 6.83. The number of rotatable bonds is 7. The molecule has 90 valence electrons. The Morgan fingerprint density at radius 1 is 1.33 bits per heavy atom. The summed E-state index contributed by atoms with van der Waals surface area (Å²) >= 11 is 0. The van der Waals surface area contributed by atoms with Crippen LogP contribution in [0.25, 0.3) is 0 Å². The van der Waals surface area contributed by atoms with Crippen LogP contribution in [0.2, 0.25) is 0 Å². The minimum atomic E-state index is -0.412. The van der Waals surface area contributed by atoms with Gasteiger partial charge in [0.25, 0.3) is 0 Å². The van der Waals surface area contributed by atoms with Gasteiger partial charge in [-0.3, -0.25) is 4.79 Å². The molecule has 0 saturated heterocycles. The highest BCUT2D eigenvalue weighted by atomic mass is 16.3. The SMILES string of the molecule is CCC(C)CC(=O)NC(CC)(CC)CO. The maximum atomic E-state index is 11.7. The number of nitrogens with one attached hydrogen (secondary N) is 1. The minimum absolute atomic E-state index is 0.0201. The molecule has 0 fully saturated rings. The van der Waals surface area contributed by atoms with E-state index < -0.39 is 5.54 Å². The smallest absolute Gasteiger partial charge is 0.220 e. The molecule has 0 bridgehead atoms. The van der Waals surface area contributed by atoms with E-state index >= 15 is 0 Å². The zero-order valence-corrected chi connectivity index (χ0v) is 10.5. The maximum absolute atomic E-state index is 11.7. The Balaban J connectivity index is 4.23. The lowest BCUT2D eigenvalue weighted by atomic mass is 9.93. The van der Waals surface area contributed by atoms with E-state index in [2.05, 4.69) is 19.2 Å². The van der Waals surface area contributed by atoms with Crippen molar-refractivity contribution in [3.05, 3.63) is 0 Å². The van der Waals surface area contributed by atoms with Crippen LogP contribution < -0.4 is 5.32 Å². The number of amides is 1. The highest BCUT2D eigenvalue weighted by molar-refractivity contribution is 5.77. The largest absolute Gasteiger partial charge is 0.394 e. The molecule has 3 nitrogen and oxygen atoms in total. The van der Waals surface area contributed by atoms with E-state index in [0.29, 0.717) is 12.3 Å². The molecule has 15 heavy (non-hydrogen) atoms. The quantitative estimate of drug-likeness (QED) is 0.683. The van der Waals surface area contributed by atoms with Gasteiger partial charge in [-0.1, -0.05) is 34.1 Å². The van der Waals surface area contributed by atoms with E-state index in [1.165, 1.54) is 0 Å². The molecule has 0 aliphatic rings. The van der Waals surface area contributed by atoms with Gasteiger partial charge >= 0.3 is 0 Å². The first-order chi connectivity index (χ1) is 7.03. The second-order valence-corrected chi connectivity index (χ2v) is 4.41. The molecule has 0 rings (SSSR count). The van der Waals surface area contributed by atoms with Crippen molar-refractivity contribution in [1.82, 2.24) is 5.32 Å². The molecule has 0 aromatic carbocycles. The van der Waals surface area contributed by atoms with Gasteiger partial charge in [-0.25, -0.2) is 0 Å². The third-order valence-corrected chi connectivity index (χ3v) is 3.29. The number of carbonyl (C=O) groups excluding carboxylic acids is 1. The van der Waals surface area contributed by atoms with Gasteiger partial charge in [-0.05, 0) is 18.8 Å². The standard InChI is InChI=1S/C12H25NO2/c1-5-10(4)8-11(15)13-12(6-2,7-3)9-14/h10,14H,5-9H2,1-4H3,(H,13,15). The van der Waals surface area contributed by atoms with Crippen LogP contribution in [0.1, 0.15) is 53.4 Å². The van der Waals surface area contributed by atoms with Gasteiger partial charge in [0.05, 0.1) is 12.1 Å². The highest BCUT2D eigenvalue weighted by Gasteiger charge is 2.27. The number of hydrogen-bond donors (Lipinski definition) is 2. The molecule has 2 N–H and O–H groups in total. The Bertz CT molecular complexity index is 180. The van der Waals surface area contributed by atoms with Crippen LogP contribution >= 0.6 is 0 Å². The van der Waals surface area contributed by atoms with Crippen molar-refractivity contribution in [2.24, 2.45) is 5.92 Å². The van der Waals surface area contributed by atoms with Gasteiger partial charge in [0.15, 0.2) is 0 Å². The Morgan fingerprint density at radius 3 is 2.20 bits per heavy atom. The summed E-state index contributed by atoms with van der Waals surface area (Å²) in [5, 5.41) is 12.3. The first-order valence-corrected chi connectivity index (χ1v) is 5.95. The van der Waals surface area contributed by atoms with Crippen LogP contribution in [-0.2, 0) is 4.79 Å². The molecule has 0 radical (unpaired) electrons. The van der Waals surface area contributed by atoms with E-state index in [0.717, 1.165) is 19.3 Å². The number of aliphatic hydroxyl groups excluding tert-OH is 1. The minimum Gasteiger partial charge on any atom is -0.394 e. The van der Waals surface area contributed by atoms with Crippen molar-refractivity contribution < 1.29 is 9.90 Å². The summed E-state index contributed by atoms with van der Waals surface area (Å²) in [6, 6.07) is 0. The molecule has 0 aromatic rings. The van der Waals surface area contributed by atoms with E-state index in [1.54, 1.807) is 0 Å². The molecule has 3 heteroatoms. The third-order valence-electron chi connectivity index (χ3n) is 3.29. The predicted molar refractivity (Wildman–Crippen MR) is 62.6 cm³/mol. The summed E-state index contributed by atoms with van der Waals surface area (Å²) in [6.45, 7) is 8.15. The van der Waals surface area contributed by atoms with Gasteiger partial charge in [-0.15, -0.1) is 0 Å². The zero-order valence-electron chi connectivity index (χ0n) is 10.5. The lowest BCUT2D eigenvalue weighted by Gasteiger charge is -2.31. The van der Waals surface area contributed by atoms with Crippen LogP contribution in [-0.4, -0.2) is 23.2 Å². The van der Waals surface area contributed by atoms with Gasteiger partial charge in [0.2, 0.25) is 5.91 Å². The molecule has 0 aromatic heterocycles. The fourth-order valence-electron chi connectivity index (χ4n) is 1.50. The lowest BCUT2D eigenvalue weighted by Crippen LogP contribution is -2.50. The Morgan fingerprint density at radius 2 is 1.87 bits per heavy atom. The van der Waals surface area contributed by atoms with Gasteiger partial charge < -0.3 is 10.4 Å². The zero-order chi connectivity index (χ0) is 11.9. The normalized spacial score (nSPS) is 13.7. The summed E-state index contributed by atoms with van der Waals surface area (Å²) in [6.07, 6.45) is 3.11. The summed E-state index contributed by atoms with van der Waals surface area (Å²) in [5.74, 6) is 0.470. The summed E-state index contributed by atoms with van der Waals surface area (Å²) in [4.78, 5) is 11.7. The molecule has 1 atom stereocenters. The Hall–Kier alpha value is -0.570. The molecule has 0 aliphatic carbocycles. The van der Waals surface area contributed by atoms with Crippen LogP contribution in [0.3, 0.4) is 0 Å². The van der Waals surface area contributed by atoms with Crippen molar-refractivity contribution >= 4 is 5.91 Å². The summed E-state index contributed by atoms with van der Waals surface area (Å²) < 4.78 is 0. The molecule has 0 heterocycles. The molecule has 0 saturated carbocycles. The second-order valence-electron chi connectivity index (χ2n) is 4.41. The van der Waals surface area contributed by atoms with Gasteiger partial charge in [0.1, 0.15) is 0 Å². The fourth-order valence-corrected chi connectivity index (χ4v) is 1.50. The van der Waals surface area contributed by atoms with Crippen LogP contribution in [0.15, 0.2) is 0 Å². The van der Waals surface area contributed by atoms with Crippen molar-refractivity contribution in [3.63, 3.8) is 0 Å². The maximum Gasteiger partial charge on any atom is 0.220 e. The van der Waals surface area contributed by atoms with Crippen molar-refractivity contribution in [2.75, 3.05) is 6.61 Å². The number of aliphatic hydroxyl groups is 1. The van der Waals surface area contributed by atoms with Crippen molar-refractivity contribution in [1.29, 1.82) is 0 Å². The molecular formula is C12H25NO2. The van der Waals surface area contributed by atoms with Gasteiger partial charge in [0, 0.05) is 6.42 Å². The number of hydrogen-bond acceptors (Lipinski definition) is 2. The molecule has 0 aliphatic heterocycles. The molecule has 0 spiro atoms. The van der Waals surface area contributed by atoms with Gasteiger partial charge in [-0.2, -0.15) is 0 Å². The average Bonchev–Trinajstić information content (AvgIpc) is 2.26. The van der Waals surface area contributed by atoms with Crippen molar-refractivity contribution in [2.45, 2.75) is 58.9 Å². The van der Waals surface area contributed by atoms with E-state index in [-0.39, 0.29) is 12.5 Å². The topological polar surface area (TPSA) is 49.3 Å². The summed E-state index contributed by atoms with van der Waals surface area (Å²) in [5.41, 5.74) is -0.412. The first kappa shape index (κ1) is 14.4. The monoisotopic (exact) mass is 215 g/mol. The van der Waals surface area contributed by atoms with E-state index in [9.17, 15) is 9.90 Å². The van der Waals surface area contributed by atoms with Crippen molar-refractivity contribution in [3.8, 4) is 0 Å². The Kier molecular flexibility index (Phi) is 6.57. The molecule has 1 unspecified atom stereocenters. The number of carbonyl (C=O) groups is 1. The average molecular weight is 215 g/mol. The van der Waals surface area contributed by atoms with E-state index in [1.807, 2.05) is 13.8 Å². The Labute approximate surface area is 93.3 Å².